The molecular weight excluding hydrogens is 292 g/mol. The Labute approximate surface area is 123 Å². The first-order chi connectivity index (χ1) is 10.1. The van der Waals surface area contributed by atoms with Gasteiger partial charge in [-0.15, -0.1) is 11.3 Å². The number of barbiturate groups is 1. The zero-order valence-electron chi connectivity index (χ0n) is 10.7. The Kier molecular flexibility index (Phi) is 3.26. The molecule has 1 fully saturated rings. The second-order valence-electron chi connectivity index (χ2n) is 4.64. The number of Topliss-reactive ketones (excluding diaryl/α,β-unsaturated/α-hetero) is 1. The van der Waals surface area contributed by atoms with E-state index in [1.54, 1.807) is 0 Å². The lowest BCUT2D eigenvalue weighted by molar-refractivity contribution is -0.142. The van der Waals surface area contributed by atoms with E-state index in [4.69, 9.17) is 0 Å². The van der Waals surface area contributed by atoms with Crippen LogP contribution in [0.4, 0.5) is 4.79 Å². The molecule has 6 nitrogen and oxygen atoms in total. The Morgan fingerprint density at radius 2 is 1.76 bits per heavy atom. The van der Waals surface area contributed by atoms with Crippen LogP contribution in [-0.4, -0.2) is 23.6 Å². The Morgan fingerprint density at radius 3 is 2.48 bits per heavy atom. The number of rotatable bonds is 3. The molecule has 106 valence electrons. The summed E-state index contributed by atoms with van der Waals surface area (Å²) in [5, 5.41) is 6.63. The van der Waals surface area contributed by atoms with Crippen LogP contribution >= 0.6 is 11.3 Å². The Morgan fingerprint density at radius 1 is 1.10 bits per heavy atom. The summed E-state index contributed by atoms with van der Waals surface area (Å²) in [6.45, 7) is 0. The summed E-state index contributed by atoms with van der Waals surface area (Å²) in [6.07, 6.45) is -0.0241. The number of imide groups is 2. The summed E-state index contributed by atoms with van der Waals surface area (Å²) in [7, 11) is 0. The van der Waals surface area contributed by atoms with E-state index in [0.29, 0.717) is 0 Å². The quantitative estimate of drug-likeness (QED) is 0.827. The number of ketones is 1. The fourth-order valence-corrected chi connectivity index (χ4v) is 3.23. The maximum atomic E-state index is 12.2. The maximum Gasteiger partial charge on any atom is 0.328 e. The molecule has 2 aromatic rings. The van der Waals surface area contributed by atoms with Gasteiger partial charge in [0.1, 0.15) is 0 Å². The third-order valence-electron chi connectivity index (χ3n) is 3.25. The van der Waals surface area contributed by atoms with Gasteiger partial charge in [0.2, 0.25) is 11.8 Å². The third kappa shape index (κ3) is 2.43. The molecule has 7 heteroatoms. The van der Waals surface area contributed by atoms with Crippen molar-refractivity contribution in [2.45, 2.75) is 6.42 Å². The summed E-state index contributed by atoms with van der Waals surface area (Å²) in [5.74, 6) is -3.73. The second-order valence-corrected chi connectivity index (χ2v) is 5.55. The fourth-order valence-electron chi connectivity index (χ4n) is 2.27. The summed E-state index contributed by atoms with van der Waals surface area (Å²) in [5.41, 5.74) is 0.776. The number of urea groups is 1. The number of hydrogen-bond donors (Lipinski definition) is 2. The molecule has 0 bridgehead atoms. The SMILES string of the molecule is O=C1NC(=O)C(C(=O)Cc2csc3ccccc23)C(=O)N1. The van der Waals surface area contributed by atoms with Crippen LogP contribution in [0.3, 0.4) is 0 Å². The molecule has 2 heterocycles. The highest BCUT2D eigenvalue weighted by Crippen LogP contribution is 2.26. The standard InChI is InChI=1S/C14H10N2O4S/c17-9(11-12(18)15-14(20)16-13(11)19)5-7-6-21-10-4-2-1-3-8(7)10/h1-4,6,11H,5H2,(H2,15,16,18,19,20). The molecule has 0 unspecified atom stereocenters. The fraction of sp³-hybridized carbons (Fsp3) is 0.143. The van der Waals surface area contributed by atoms with E-state index < -0.39 is 29.5 Å². The minimum absolute atomic E-state index is 0.0241. The van der Waals surface area contributed by atoms with Gasteiger partial charge in [-0.1, -0.05) is 18.2 Å². The van der Waals surface area contributed by atoms with Gasteiger partial charge >= 0.3 is 6.03 Å². The van der Waals surface area contributed by atoms with Crippen molar-refractivity contribution in [3.63, 3.8) is 0 Å². The van der Waals surface area contributed by atoms with Crippen LogP contribution in [0.5, 0.6) is 0 Å². The number of fused-ring (bicyclic) bond motifs is 1. The van der Waals surface area contributed by atoms with Crippen LogP contribution in [0, 0.1) is 5.92 Å². The molecule has 3 rings (SSSR count). The van der Waals surface area contributed by atoms with Crippen molar-refractivity contribution in [2.75, 3.05) is 0 Å². The zero-order valence-corrected chi connectivity index (χ0v) is 11.5. The van der Waals surface area contributed by atoms with Crippen molar-refractivity contribution in [3.05, 3.63) is 35.2 Å². The predicted molar refractivity (Wildman–Crippen MR) is 75.7 cm³/mol. The van der Waals surface area contributed by atoms with Gasteiger partial charge in [-0.25, -0.2) is 4.79 Å². The van der Waals surface area contributed by atoms with Gasteiger partial charge in [0.15, 0.2) is 11.7 Å². The number of carbonyl (C=O) groups excluding carboxylic acids is 4. The zero-order chi connectivity index (χ0) is 15.0. The Bertz CT molecular complexity index is 760. The maximum absolute atomic E-state index is 12.2. The lowest BCUT2D eigenvalue weighted by atomic mass is 9.95. The second kappa shape index (κ2) is 5.10. The Balaban J connectivity index is 1.84. The number of nitrogens with one attached hydrogen (secondary N) is 2. The molecule has 0 atom stereocenters. The molecule has 0 aliphatic carbocycles. The van der Waals surface area contributed by atoms with Crippen LogP contribution in [0.2, 0.25) is 0 Å². The van der Waals surface area contributed by atoms with Crippen LogP contribution in [0.15, 0.2) is 29.6 Å². The first kappa shape index (κ1) is 13.4. The van der Waals surface area contributed by atoms with E-state index in [2.05, 4.69) is 0 Å². The highest BCUT2D eigenvalue weighted by atomic mass is 32.1. The first-order valence-electron chi connectivity index (χ1n) is 6.20. The van der Waals surface area contributed by atoms with Crippen molar-refractivity contribution in [3.8, 4) is 0 Å². The van der Waals surface area contributed by atoms with Crippen molar-refractivity contribution >= 4 is 45.1 Å². The number of amides is 4. The summed E-state index contributed by atoms with van der Waals surface area (Å²) < 4.78 is 1.04. The van der Waals surface area contributed by atoms with E-state index in [-0.39, 0.29) is 6.42 Å². The number of benzene rings is 1. The van der Waals surface area contributed by atoms with Crippen LogP contribution in [-0.2, 0) is 20.8 Å². The molecule has 0 saturated carbocycles. The highest BCUT2D eigenvalue weighted by Gasteiger charge is 2.39. The van der Waals surface area contributed by atoms with Gasteiger partial charge in [0.05, 0.1) is 0 Å². The van der Waals surface area contributed by atoms with Crippen LogP contribution in [0.1, 0.15) is 5.56 Å². The molecule has 0 spiro atoms. The molecule has 1 aromatic heterocycles. The third-order valence-corrected chi connectivity index (χ3v) is 4.26. The first-order valence-corrected chi connectivity index (χ1v) is 7.08. The van der Waals surface area contributed by atoms with E-state index in [1.807, 2.05) is 40.3 Å². The molecule has 4 amide bonds. The number of thiophene rings is 1. The van der Waals surface area contributed by atoms with E-state index in [0.717, 1.165) is 15.6 Å². The normalized spacial score (nSPS) is 15.9. The van der Waals surface area contributed by atoms with Crippen molar-refractivity contribution in [2.24, 2.45) is 5.92 Å². The van der Waals surface area contributed by atoms with Gasteiger partial charge in [-0.3, -0.25) is 25.0 Å². The van der Waals surface area contributed by atoms with Crippen LogP contribution in [0.25, 0.3) is 10.1 Å². The number of carbonyl (C=O) groups is 4. The average molecular weight is 302 g/mol. The molecule has 2 N–H and O–H groups in total. The molecule has 1 aliphatic heterocycles. The summed E-state index contributed by atoms with van der Waals surface area (Å²) in [6, 6.07) is 6.70. The van der Waals surface area contributed by atoms with Gasteiger partial charge in [0, 0.05) is 11.1 Å². The van der Waals surface area contributed by atoms with Crippen molar-refractivity contribution < 1.29 is 19.2 Å². The van der Waals surface area contributed by atoms with Gasteiger partial charge in [-0.05, 0) is 22.4 Å². The van der Waals surface area contributed by atoms with Crippen LogP contribution < -0.4 is 10.6 Å². The van der Waals surface area contributed by atoms with Crippen molar-refractivity contribution in [1.82, 2.24) is 10.6 Å². The molecule has 1 aliphatic rings. The van der Waals surface area contributed by atoms with E-state index >= 15 is 0 Å². The van der Waals surface area contributed by atoms with E-state index in [9.17, 15) is 19.2 Å². The highest BCUT2D eigenvalue weighted by molar-refractivity contribution is 7.17. The van der Waals surface area contributed by atoms with Gasteiger partial charge in [0.25, 0.3) is 0 Å². The minimum atomic E-state index is -1.47. The molecule has 0 radical (unpaired) electrons. The average Bonchev–Trinajstić information content (AvgIpc) is 2.81. The summed E-state index contributed by atoms with van der Waals surface area (Å²) in [4.78, 5) is 46.5. The monoisotopic (exact) mass is 302 g/mol. The topological polar surface area (TPSA) is 92.3 Å². The molecule has 1 aromatic carbocycles. The Hall–Kier alpha value is -2.54. The smallest absolute Gasteiger partial charge is 0.298 e. The van der Waals surface area contributed by atoms with Crippen molar-refractivity contribution in [1.29, 1.82) is 0 Å². The minimum Gasteiger partial charge on any atom is -0.298 e. The molecule has 1 saturated heterocycles. The molecule has 21 heavy (non-hydrogen) atoms. The number of hydrogen-bond acceptors (Lipinski definition) is 5. The van der Waals surface area contributed by atoms with Gasteiger partial charge < -0.3 is 0 Å². The van der Waals surface area contributed by atoms with E-state index in [1.165, 1.54) is 11.3 Å². The summed E-state index contributed by atoms with van der Waals surface area (Å²) >= 11 is 1.50. The molecular formula is C14H10N2O4S. The van der Waals surface area contributed by atoms with Gasteiger partial charge in [-0.2, -0.15) is 0 Å². The lowest BCUT2D eigenvalue weighted by Crippen LogP contribution is -2.58. The predicted octanol–water partition coefficient (Wildman–Crippen LogP) is 0.995. The lowest BCUT2D eigenvalue weighted by Gasteiger charge is -2.19. The largest absolute Gasteiger partial charge is 0.328 e.